The Labute approximate surface area is 165 Å². The second-order valence-corrected chi connectivity index (χ2v) is 6.57. The van der Waals surface area contributed by atoms with E-state index in [4.69, 9.17) is 4.74 Å². The molecule has 0 aliphatic heterocycles. The first kappa shape index (κ1) is 19.2. The summed E-state index contributed by atoms with van der Waals surface area (Å²) in [7, 11) is 0. The molecule has 0 saturated carbocycles. The number of nitrogens with one attached hydrogen (secondary N) is 1. The number of anilines is 1. The van der Waals surface area contributed by atoms with E-state index >= 15 is 0 Å². The molecule has 0 heterocycles. The normalized spacial score (nSPS) is 11.1. The average molecular weight is 370 g/mol. The van der Waals surface area contributed by atoms with Crippen molar-refractivity contribution in [3.63, 3.8) is 0 Å². The molecule has 0 saturated heterocycles. The van der Waals surface area contributed by atoms with Crippen molar-refractivity contribution in [1.82, 2.24) is 0 Å². The zero-order valence-electron chi connectivity index (χ0n) is 16.2. The summed E-state index contributed by atoms with van der Waals surface area (Å²) in [5.41, 5.74) is 3.55. The van der Waals surface area contributed by atoms with Crippen molar-refractivity contribution >= 4 is 28.4 Å². The summed E-state index contributed by atoms with van der Waals surface area (Å²) >= 11 is 0. The molecule has 4 nitrogen and oxygen atoms in total. The molecule has 140 valence electrons. The molecule has 1 N–H and O–H groups in total. The van der Waals surface area contributed by atoms with Crippen LogP contribution in [0.1, 0.15) is 23.6 Å². The van der Waals surface area contributed by atoms with Crippen molar-refractivity contribution in [3.05, 3.63) is 76.9 Å². The molecule has 3 rings (SSSR count). The minimum atomic E-state index is -0.422. The molecule has 0 spiro atoms. The minimum absolute atomic E-state index is 0.0511. The topological polar surface area (TPSA) is 62.1 Å². The van der Waals surface area contributed by atoms with Crippen LogP contribution in [-0.4, -0.2) is 12.5 Å². The molecule has 0 unspecified atom stereocenters. The third-order valence-electron chi connectivity index (χ3n) is 4.52. The Morgan fingerprint density at radius 1 is 1.11 bits per heavy atom. The predicted octanol–water partition coefficient (Wildman–Crippen LogP) is 5.40. The van der Waals surface area contributed by atoms with Gasteiger partial charge in [-0.2, -0.15) is 5.26 Å². The molecule has 3 aromatic carbocycles. The third-order valence-corrected chi connectivity index (χ3v) is 4.52. The number of carbonyl (C=O) groups excluding carboxylic acids is 1. The number of fused-ring (bicyclic) bond motifs is 1. The third kappa shape index (κ3) is 4.05. The lowest BCUT2D eigenvalue weighted by molar-refractivity contribution is -0.112. The number of rotatable bonds is 5. The van der Waals surface area contributed by atoms with Crippen LogP contribution in [0.15, 0.2) is 60.2 Å². The van der Waals surface area contributed by atoms with Crippen LogP contribution >= 0.6 is 0 Å². The van der Waals surface area contributed by atoms with Gasteiger partial charge in [0, 0.05) is 11.1 Å². The molecule has 0 radical (unpaired) electrons. The average Bonchev–Trinajstić information content (AvgIpc) is 2.70. The molecule has 0 atom stereocenters. The Morgan fingerprint density at radius 2 is 1.86 bits per heavy atom. The zero-order valence-corrected chi connectivity index (χ0v) is 16.2. The molecule has 0 bridgehead atoms. The van der Waals surface area contributed by atoms with Crippen molar-refractivity contribution in [2.45, 2.75) is 20.8 Å². The number of ether oxygens (including phenoxy) is 1. The molecule has 3 aromatic rings. The van der Waals surface area contributed by atoms with Crippen molar-refractivity contribution in [2.24, 2.45) is 0 Å². The van der Waals surface area contributed by atoms with E-state index in [1.165, 1.54) is 0 Å². The second-order valence-electron chi connectivity index (χ2n) is 6.57. The van der Waals surface area contributed by atoms with Crippen LogP contribution in [0.5, 0.6) is 5.75 Å². The standard InChI is InChI=1S/C24H22N2O2/c1-4-28-23-12-11-18(20-7-5-6-8-21(20)23)14-19(15-25)24(27)26-22-13-16(2)9-10-17(22)3/h5-14H,4H2,1-3H3,(H,26,27)/b19-14+. The summed E-state index contributed by atoms with van der Waals surface area (Å²) in [4.78, 5) is 12.7. The van der Waals surface area contributed by atoms with Gasteiger partial charge in [0.05, 0.1) is 6.61 Å². The highest BCUT2D eigenvalue weighted by Gasteiger charge is 2.13. The van der Waals surface area contributed by atoms with Gasteiger partial charge in [-0.1, -0.05) is 42.5 Å². The highest BCUT2D eigenvalue weighted by Crippen LogP contribution is 2.30. The summed E-state index contributed by atoms with van der Waals surface area (Å²) in [6.45, 7) is 6.39. The lowest BCUT2D eigenvalue weighted by Gasteiger charge is -2.11. The SMILES string of the molecule is CCOc1ccc(/C=C(\C#N)C(=O)Nc2cc(C)ccc2C)c2ccccc12. The Kier molecular flexibility index (Phi) is 5.76. The summed E-state index contributed by atoms with van der Waals surface area (Å²) in [6.07, 6.45) is 1.62. The summed E-state index contributed by atoms with van der Waals surface area (Å²) in [5.74, 6) is 0.364. The molecular weight excluding hydrogens is 348 g/mol. The van der Waals surface area contributed by atoms with Gasteiger partial charge in [-0.05, 0) is 61.1 Å². The number of benzene rings is 3. The Hall–Kier alpha value is -3.58. The molecule has 4 heteroatoms. The summed E-state index contributed by atoms with van der Waals surface area (Å²) in [5, 5.41) is 14.3. The molecular formula is C24H22N2O2. The fraction of sp³-hybridized carbons (Fsp3) is 0.167. The number of amides is 1. The van der Waals surface area contributed by atoms with Gasteiger partial charge in [0.2, 0.25) is 0 Å². The van der Waals surface area contributed by atoms with Crippen LogP contribution in [0.3, 0.4) is 0 Å². The Morgan fingerprint density at radius 3 is 2.57 bits per heavy atom. The number of nitriles is 1. The maximum Gasteiger partial charge on any atom is 0.266 e. The van der Waals surface area contributed by atoms with Gasteiger partial charge in [0.25, 0.3) is 5.91 Å². The van der Waals surface area contributed by atoms with E-state index in [-0.39, 0.29) is 5.57 Å². The predicted molar refractivity (Wildman–Crippen MR) is 113 cm³/mol. The van der Waals surface area contributed by atoms with E-state index in [9.17, 15) is 10.1 Å². The molecule has 0 aromatic heterocycles. The molecule has 1 amide bonds. The monoisotopic (exact) mass is 370 g/mol. The van der Waals surface area contributed by atoms with Crippen molar-refractivity contribution in [1.29, 1.82) is 5.26 Å². The number of hydrogen-bond acceptors (Lipinski definition) is 3. The Balaban J connectivity index is 1.99. The first-order valence-corrected chi connectivity index (χ1v) is 9.18. The van der Waals surface area contributed by atoms with Crippen molar-refractivity contribution < 1.29 is 9.53 Å². The van der Waals surface area contributed by atoms with Gasteiger partial charge in [0.15, 0.2) is 0 Å². The van der Waals surface area contributed by atoms with Crippen molar-refractivity contribution in [2.75, 3.05) is 11.9 Å². The molecule has 0 fully saturated rings. The van der Waals surface area contributed by atoms with Gasteiger partial charge in [-0.25, -0.2) is 0 Å². The minimum Gasteiger partial charge on any atom is -0.493 e. The van der Waals surface area contributed by atoms with E-state index < -0.39 is 5.91 Å². The molecule has 0 aliphatic rings. The van der Waals surface area contributed by atoms with Gasteiger partial charge in [-0.3, -0.25) is 4.79 Å². The molecule has 0 aliphatic carbocycles. The zero-order chi connectivity index (χ0) is 20.1. The van der Waals surface area contributed by atoms with Crippen LogP contribution in [0.25, 0.3) is 16.8 Å². The largest absolute Gasteiger partial charge is 0.493 e. The Bertz CT molecular complexity index is 1110. The summed E-state index contributed by atoms with van der Waals surface area (Å²) < 4.78 is 5.69. The highest BCUT2D eigenvalue weighted by molar-refractivity contribution is 6.11. The smallest absolute Gasteiger partial charge is 0.266 e. The fourth-order valence-electron chi connectivity index (χ4n) is 3.07. The summed E-state index contributed by atoms with van der Waals surface area (Å²) in [6, 6.07) is 19.4. The fourth-order valence-corrected chi connectivity index (χ4v) is 3.07. The van der Waals surface area contributed by atoms with Gasteiger partial charge < -0.3 is 10.1 Å². The quantitative estimate of drug-likeness (QED) is 0.483. The van der Waals surface area contributed by atoms with E-state index in [2.05, 4.69) is 5.32 Å². The first-order valence-electron chi connectivity index (χ1n) is 9.18. The number of aryl methyl sites for hydroxylation is 2. The van der Waals surface area contributed by atoms with Gasteiger partial charge in [0.1, 0.15) is 17.4 Å². The first-order chi connectivity index (χ1) is 13.5. The van der Waals surface area contributed by atoms with Crippen LogP contribution in [0.4, 0.5) is 5.69 Å². The van der Waals surface area contributed by atoms with Crippen molar-refractivity contribution in [3.8, 4) is 11.8 Å². The number of carbonyl (C=O) groups is 1. The lowest BCUT2D eigenvalue weighted by Crippen LogP contribution is -2.14. The number of hydrogen-bond donors (Lipinski definition) is 1. The second kappa shape index (κ2) is 8.41. The van der Waals surface area contributed by atoms with E-state index in [1.807, 2.05) is 81.4 Å². The van der Waals surface area contributed by atoms with Crippen LogP contribution in [0, 0.1) is 25.2 Å². The molecule has 28 heavy (non-hydrogen) atoms. The van der Waals surface area contributed by atoms with Gasteiger partial charge >= 0.3 is 0 Å². The van der Waals surface area contributed by atoms with E-state index in [0.717, 1.165) is 33.2 Å². The highest BCUT2D eigenvalue weighted by atomic mass is 16.5. The van der Waals surface area contributed by atoms with E-state index in [0.29, 0.717) is 12.3 Å². The van der Waals surface area contributed by atoms with Crippen LogP contribution in [-0.2, 0) is 4.79 Å². The van der Waals surface area contributed by atoms with Gasteiger partial charge in [-0.15, -0.1) is 0 Å². The lowest BCUT2D eigenvalue weighted by atomic mass is 10.0. The number of nitrogens with zero attached hydrogens (tertiary/aromatic N) is 1. The van der Waals surface area contributed by atoms with E-state index in [1.54, 1.807) is 6.08 Å². The van der Waals surface area contributed by atoms with Crippen LogP contribution < -0.4 is 10.1 Å². The maximum absolute atomic E-state index is 12.7. The van der Waals surface area contributed by atoms with Crippen LogP contribution in [0.2, 0.25) is 0 Å². The maximum atomic E-state index is 12.7.